The van der Waals surface area contributed by atoms with Crippen LogP contribution in [0.2, 0.25) is 0 Å². The smallest absolute Gasteiger partial charge is 0.257 e. The van der Waals surface area contributed by atoms with Crippen molar-refractivity contribution in [1.29, 1.82) is 0 Å². The Balaban J connectivity index is 1.55. The molecule has 3 heterocycles. The molecule has 2 aliphatic heterocycles. The van der Waals surface area contributed by atoms with E-state index in [-0.39, 0.29) is 11.8 Å². The number of likely N-dealkylation sites (tertiary alicyclic amines) is 1. The zero-order valence-electron chi connectivity index (χ0n) is 16.5. The predicted molar refractivity (Wildman–Crippen MR) is 113 cm³/mol. The highest BCUT2D eigenvalue weighted by Gasteiger charge is 2.31. The van der Waals surface area contributed by atoms with E-state index in [1.807, 2.05) is 6.07 Å². The molecule has 3 N–H and O–H groups in total. The van der Waals surface area contributed by atoms with Crippen LogP contribution in [0.25, 0.3) is 0 Å². The highest BCUT2D eigenvalue weighted by molar-refractivity contribution is 6.17. The molecule has 2 aromatic rings. The van der Waals surface area contributed by atoms with Crippen molar-refractivity contribution in [3.63, 3.8) is 0 Å². The van der Waals surface area contributed by atoms with E-state index in [9.17, 15) is 9.59 Å². The largest absolute Gasteiger partial charge is 0.330 e. The molecule has 1 aromatic heterocycles. The number of hydrogen-bond donors (Lipinski definition) is 2. The second kappa shape index (κ2) is 8.71. The molecule has 0 unspecified atom stereocenters. The van der Waals surface area contributed by atoms with E-state index >= 15 is 0 Å². The van der Waals surface area contributed by atoms with Crippen molar-refractivity contribution in [3.8, 4) is 0 Å². The molecular weight excluding hydrogens is 366 g/mol. The van der Waals surface area contributed by atoms with Crippen LogP contribution in [-0.4, -0.2) is 47.9 Å². The maximum atomic E-state index is 13.4. The number of hydrogen-bond acceptors (Lipinski definition) is 5. The fourth-order valence-corrected chi connectivity index (χ4v) is 4.19. The van der Waals surface area contributed by atoms with Crippen LogP contribution in [0, 0.1) is 5.92 Å². The summed E-state index contributed by atoms with van der Waals surface area (Å²) >= 11 is 0. The molecule has 4 rings (SSSR count). The Morgan fingerprint density at radius 3 is 2.76 bits per heavy atom. The van der Waals surface area contributed by atoms with Gasteiger partial charge in [0, 0.05) is 6.20 Å². The third kappa shape index (κ3) is 4.16. The van der Waals surface area contributed by atoms with Crippen LogP contribution in [0.5, 0.6) is 0 Å². The average Bonchev–Trinajstić information content (AvgIpc) is 2.87. The topological polar surface area (TPSA) is 91.6 Å². The van der Waals surface area contributed by atoms with Crippen LogP contribution in [-0.2, 0) is 4.79 Å². The number of rotatable bonds is 5. The molecule has 0 bridgehead atoms. The highest BCUT2D eigenvalue weighted by Crippen LogP contribution is 2.36. The van der Waals surface area contributed by atoms with Crippen LogP contribution in [0.4, 0.5) is 17.2 Å². The van der Waals surface area contributed by atoms with Gasteiger partial charge in [-0.1, -0.05) is 12.1 Å². The number of nitrogens with zero attached hydrogens (tertiary/aromatic N) is 3. The standard InChI is InChI=1S/C22H27N5O2/c23-11-3-5-16-9-13-26(14-10-16)15-20(28)27-19-8-2-1-6-17(19)22(29)25-18-7-4-12-24-21(18)27/h1-2,4,6-8,12,16H,3,5,9-11,13-15,23H2,(H,25,29). The lowest BCUT2D eigenvalue weighted by Gasteiger charge is -2.33. The molecule has 2 amide bonds. The number of carbonyl (C=O) groups is 2. The first kappa shape index (κ1) is 19.5. The number of benzene rings is 1. The van der Waals surface area contributed by atoms with Gasteiger partial charge in [-0.05, 0) is 75.5 Å². The maximum absolute atomic E-state index is 13.4. The van der Waals surface area contributed by atoms with Crippen molar-refractivity contribution >= 4 is 29.0 Å². The fourth-order valence-electron chi connectivity index (χ4n) is 4.19. The second-order valence-corrected chi connectivity index (χ2v) is 7.73. The van der Waals surface area contributed by atoms with E-state index in [4.69, 9.17) is 5.73 Å². The van der Waals surface area contributed by atoms with Crippen LogP contribution in [0.1, 0.15) is 36.0 Å². The number of anilines is 3. The summed E-state index contributed by atoms with van der Waals surface area (Å²) in [6, 6.07) is 10.7. The zero-order valence-corrected chi connectivity index (χ0v) is 16.5. The monoisotopic (exact) mass is 393 g/mol. The predicted octanol–water partition coefficient (Wildman–Crippen LogP) is 2.76. The molecule has 0 aliphatic carbocycles. The number of carbonyl (C=O) groups excluding carboxylic acids is 2. The zero-order chi connectivity index (χ0) is 20.2. The minimum absolute atomic E-state index is 0.0747. The van der Waals surface area contributed by atoms with Gasteiger partial charge in [-0.15, -0.1) is 0 Å². The second-order valence-electron chi connectivity index (χ2n) is 7.73. The Morgan fingerprint density at radius 2 is 1.97 bits per heavy atom. The molecule has 1 fully saturated rings. The quantitative estimate of drug-likeness (QED) is 0.815. The van der Waals surface area contributed by atoms with Crippen molar-refractivity contribution < 1.29 is 9.59 Å². The Hall–Kier alpha value is -2.77. The third-order valence-corrected chi connectivity index (χ3v) is 5.77. The van der Waals surface area contributed by atoms with Crippen LogP contribution < -0.4 is 16.0 Å². The number of nitrogens with two attached hydrogens (primary N) is 1. The van der Waals surface area contributed by atoms with Gasteiger partial charge in [-0.3, -0.25) is 19.4 Å². The summed E-state index contributed by atoms with van der Waals surface area (Å²) in [6.07, 6.45) is 6.07. The molecule has 0 atom stereocenters. The van der Waals surface area contributed by atoms with Crippen LogP contribution >= 0.6 is 0 Å². The summed E-state index contributed by atoms with van der Waals surface area (Å²) in [4.78, 5) is 34.2. The van der Waals surface area contributed by atoms with Crippen LogP contribution in [0.3, 0.4) is 0 Å². The summed E-state index contributed by atoms with van der Waals surface area (Å²) in [7, 11) is 0. The summed E-state index contributed by atoms with van der Waals surface area (Å²) in [5.74, 6) is 0.863. The van der Waals surface area contributed by atoms with Crippen molar-refractivity contribution in [1.82, 2.24) is 9.88 Å². The minimum atomic E-state index is -0.231. The van der Waals surface area contributed by atoms with Gasteiger partial charge in [0.2, 0.25) is 5.91 Å². The van der Waals surface area contributed by atoms with E-state index < -0.39 is 0 Å². The summed E-state index contributed by atoms with van der Waals surface area (Å²) < 4.78 is 0. The van der Waals surface area contributed by atoms with Gasteiger partial charge in [0.25, 0.3) is 5.91 Å². The molecule has 7 nitrogen and oxygen atoms in total. The number of aromatic nitrogens is 1. The molecule has 152 valence electrons. The SMILES string of the molecule is NCCCC1CCN(CC(=O)N2c3ccccc3C(=O)Nc3cccnc32)CC1. The van der Waals surface area contributed by atoms with E-state index in [0.29, 0.717) is 35.2 Å². The van der Waals surface area contributed by atoms with Gasteiger partial charge in [0.15, 0.2) is 5.82 Å². The molecule has 29 heavy (non-hydrogen) atoms. The van der Waals surface area contributed by atoms with Crippen LogP contribution in [0.15, 0.2) is 42.6 Å². The lowest BCUT2D eigenvalue weighted by molar-refractivity contribution is -0.119. The number of fused-ring (bicyclic) bond motifs is 2. The van der Waals surface area contributed by atoms with E-state index in [1.165, 1.54) is 6.42 Å². The first-order valence-electron chi connectivity index (χ1n) is 10.3. The molecule has 1 saturated heterocycles. The minimum Gasteiger partial charge on any atom is -0.330 e. The summed E-state index contributed by atoms with van der Waals surface area (Å²) in [5, 5.41) is 2.87. The van der Waals surface area contributed by atoms with Gasteiger partial charge in [-0.2, -0.15) is 0 Å². The van der Waals surface area contributed by atoms with Crippen molar-refractivity contribution in [3.05, 3.63) is 48.2 Å². The number of piperidine rings is 1. The molecular formula is C22H27N5O2. The van der Waals surface area contributed by atoms with E-state index in [0.717, 1.165) is 38.9 Å². The van der Waals surface area contributed by atoms with Gasteiger partial charge in [-0.25, -0.2) is 4.98 Å². The molecule has 0 saturated carbocycles. The lowest BCUT2D eigenvalue weighted by atomic mass is 9.92. The van der Waals surface area contributed by atoms with Gasteiger partial charge in [0.1, 0.15) is 0 Å². The van der Waals surface area contributed by atoms with Gasteiger partial charge < -0.3 is 11.1 Å². The van der Waals surface area contributed by atoms with E-state index in [2.05, 4.69) is 15.2 Å². The average molecular weight is 393 g/mol. The Labute approximate surface area is 170 Å². The molecule has 0 radical (unpaired) electrons. The number of pyridine rings is 1. The van der Waals surface area contributed by atoms with Crippen molar-refractivity contribution in [2.75, 3.05) is 36.4 Å². The van der Waals surface area contributed by atoms with Crippen molar-refractivity contribution in [2.45, 2.75) is 25.7 Å². The third-order valence-electron chi connectivity index (χ3n) is 5.77. The lowest BCUT2D eigenvalue weighted by Crippen LogP contribution is -2.42. The number of para-hydroxylation sites is 1. The number of nitrogens with one attached hydrogen (secondary N) is 1. The van der Waals surface area contributed by atoms with Crippen molar-refractivity contribution in [2.24, 2.45) is 11.7 Å². The molecule has 0 spiro atoms. The first-order valence-corrected chi connectivity index (χ1v) is 10.3. The number of amides is 2. The molecule has 1 aromatic carbocycles. The van der Waals surface area contributed by atoms with Gasteiger partial charge in [0.05, 0.1) is 23.5 Å². The normalized spacial score (nSPS) is 17.3. The Kier molecular flexibility index (Phi) is 5.87. The molecule has 2 aliphatic rings. The van der Waals surface area contributed by atoms with E-state index in [1.54, 1.807) is 41.4 Å². The highest BCUT2D eigenvalue weighted by atomic mass is 16.2. The summed E-state index contributed by atoms with van der Waals surface area (Å²) in [5.41, 5.74) is 7.22. The Morgan fingerprint density at radius 1 is 1.17 bits per heavy atom. The fraction of sp³-hybridized carbons (Fsp3) is 0.409. The molecule has 7 heteroatoms. The van der Waals surface area contributed by atoms with Gasteiger partial charge >= 0.3 is 0 Å². The maximum Gasteiger partial charge on any atom is 0.257 e. The first-order chi connectivity index (χ1) is 14.2. The summed E-state index contributed by atoms with van der Waals surface area (Å²) in [6.45, 7) is 2.86. The Bertz CT molecular complexity index is 892.